The number of carbonyl (C=O) groups is 1. The van der Waals surface area contributed by atoms with Gasteiger partial charge in [-0.2, -0.15) is 0 Å². The molecule has 0 bridgehead atoms. The Kier molecular flexibility index (Phi) is 4.87. The number of hydrogen-bond donors (Lipinski definition) is 1. The van der Waals surface area contributed by atoms with Crippen molar-refractivity contribution in [3.8, 4) is 0 Å². The third-order valence-corrected chi connectivity index (χ3v) is 3.99. The van der Waals surface area contributed by atoms with E-state index >= 15 is 0 Å². The maximum Gasteiger partial charge on any atom is 0.228 e. The highest BCUT2D eigenvalue weighted by Gasteiger charge is 2.25. The molecular weight excluding hydrogens is 264 g/mol. The molecule has 0 aliphatic rings. The Morgan fingerprint density at radius 2 is 2.17 bits per heavy atom. The van der Waals surface area contributed by atoms with Gasteiger partial charge >= 0.3 is 0 Å². The molecule has 1 amide bonds. The Bertz CT molecular complexity index is 494. The van der Waals surface area contributed by atoms with Crippen molar-refractivity contribution < 1.29 is 4.79 Å². The molecular formula is C13H20N2OS2. The fourth-order valence-corrected chi connectivity index (χ4v) is 3.00. The zero-order chi connectivity index (χ0) is 13.9. The van der Waals surface area contributed by atoms with Crippen LogP contribution < -0.4 is 0 Å². The highest BCUT2D eigenvalue weighted by atomic mass is 32.1. The first-order valence-corrected chi connectivity index (χ1v) is 7.08. The largest absolute Gasteiger partial charge is 0.341 e. The Labute approximate surface area is 118 Å². The first kappa shape index (κ1) is 15.1. The lowest BCUT2D eigenvalue weighted by Crippen LogP contribution is -2.46. The van der Waals surface area contributed by atoms with E-state index in [1.54, 1.807) is 6.08 Å². The molecule has 1 aromatic rings. The minimum atomic E-state index is -0.197. The van der Waals surface area contributed by atoms with Crippen LogP contribution in [0, 0.1) is 10.9 Å². The van der Waals surface area contributed by atoms with E-state index in [-0.39, 0.29) is 11.4 Å². The Balaban J connectivity index is 2.89. The van der Waals surface area contributed by atoms with Crippen molar-refractivity contribution in [1.82, 2.24) is 9.88 Å². The lowest BCUT2D eigenvalue weighted by molar-refractivity contribution is -0.134. The number of H-pyrrole nitrogens is 1. The molecule has 1 aromatic heterocycles. The number of nitrogens with zero attached hydrogens (tertiary/aromatic N) is 1. The highest BCUT2D eigenvalue weighted by molar-refractivity contribution is 7.73. The quantitative estimate of drug-likeness (QED) is 0.679. The molecule has 0 saturated heterocycles. The summed E-state index contributed by atoms with van der Waals surface area (Å²) in [5.74, 6) is 0.107. The van der Waals surface area contributed by atoms with E-state index in [1.165, 1.54) is 11.3 Å². The number of nitrogens with one attached hydrogen (secondary N) is 1. The molecule has 0 aliphatic carbocycles. The molecule has 0 aromatic carbocycles. The summed E-state index contributed by atoms with van der Waals surface area (Å²) in [6.45, 7) is 12.3. The van der Waals surface area contributed by atoms with Crippen LogP contribution >= 0.6 is 23.6 Å². The topological polar surface area (TPSA) is 36.1 Å². The minimum Gasteiger partial charge on any atom is -0.341 e. The number of aryl methyl sites for hydroxylation is 1. The molecule has 5 heteroatoms. The van der Waals surface area contributed by atoms with Crippen LogP contribution in [0.2, 0.25) is 0 Å². The average molecular weight is 284 g/mol. The second-order valence-corrected chi connectivity index (χ2v) is 6.98. The van der Waals surface area contributed by atoms with E-state index in [9.17, 15) is 4.79 Å². The summed E-state index contributed by atoms with van der Waals surface area (Å²) in [4.78, 5) is 18.3. The summed E-state index contributed by atoms with van der Waals surface area (Å²) < 4.78 is 0.723. The van der Waals surface area contributed by atoms with Crippen LogP contribution in [-0.2, 0) is 11.2 Å². The minimum absolute atomic E-state index is 0.107. The summed E-state index contributed by atoms with van der Waals surface area (Å²) in [5.41, 5.74) is 0.794. The van der Waals surface area contributed by atoms with Gasteiger partial charge in [-0.05, 0) is 39.9 Å². The van der Waals surface area contributed by atoms with Crippen LogP contribution in [0.3, 0.4) is 0 Å². The Hall–Kier alpha value is -0.940. The van der Waals surface area contributed by atoms with Crippen molar-refractivity contribution in [3.63, 3.8) is 0 Å². The predicted octanol–water partition coefficient (Wildman–Crippen LogP) is 3.47. The molecule has 1 rings (SSSR count). The van der Waals surface area contributed by atoms with Crippen LogP contribution in [0.25, 0.3) is 0 Å². The molecule has 100 valence electrons. The van der Waals surface area contributed by atoms with Gasteiger partial charge in [-0.25, -0.2) is 0 Å². The van der Waals surface area contributed by atoms with Crippen molar-refractivity contribution in [1.29, 1.82) is 0 Å². The van der Waals surface area contributed by atoms with Gasteiger partial charge in [0.2, 0.25) is 5.91 Å². The van der Waals surface area contributed by atoms with Gasteiger partial charge in [0.1, 0.15) is 0 Å². The molecule has 0 atom stereocenters. The van der Waals surface area contributed by atoms with Crippen LogP contribution in [0.5, 0.6) is 0 Å². The van der Waals surface area contributed by atoms with Gasteiger partial charge in [0.15, 0.2) is 3.95 Å². The lowest BCUT2D eigenvalue weighted by atomic mass is 10.0. The van der Waals surface area contributed by atoms with Crippen molar-refractivity contribution in [3.05, 3.63) is 27.2 Å². The Morgan fingerprint density at radius 1 is 1.56 bits per heavy atom. The average Bonchev–Trinajstić information content (AvgIpc) is 2.52. The SMILES string of the molecule is C=CCN(C(=O)Cc1sc(=S)[nH]c1C)C(C)(C)C. The third-order valence-electron chi connectivity index (χ3n) is 2.66. The van der Waals surface area contributed by atoms with E-state index in [4.69, 9.17) is 12.2 Å². The lowest BCUT2D eigenvalue weighted by Gasteiger charge is -2.35. The number of thiazole rings is 1. The van der Waals surface area contributed by atoms with Gasteiger partial charge in [-0.1, -0.05) is 6.08 Å². The second-order valence-electron chi connectivity index (χ2n) is 5.20. The second kappa shape index (κ2) is 5.80. The standard InChI is InChI=1S/C13H20N2OS2/c1-6-7-15(13(3,4)5)11(16)8-10-9(2)14-12(17)18-10/h6H,1,7-8H2,2-5H3,(H,14,17). The highest BCUT2D eigenvalue weighted by Crippen LogP contribution is 2.19. The van der Waals surface area contributed by atoms with Gasteiger partial charge in [0.05, 0.1) is 6.42 Å². The van der Waals surface area contributed by atoms with Crippen LogP contribution in [0.1, 0.15) is 31.3 Å². The van der Waals surface area contributed by atoms with E-state index in [0.29, 0.717) is 13.0 Å². The van der Waals surface area contributed by atoms with Crippen LogP contribution in [0.15, 0.2) is 12.7 Å². The third kappa shape index (κ3) is 3.78. The van der Waals surface area contributed by atoms with Crippen LogP contribution in [-0.4, -0.2) is 27.9 Å². The van der Waals surface area contributed by atoms with E-state index in [1.807, 2.05) is 32.6 Å². The van der Waals surface area contributed by atoms with Gasteiger partial charge in [0, 0.05) is 22.7 Å². The first-order valence-electron chi connectivity index (χ1n) is 5.85. The van der Waals surface area contributed by atoms with Gasteiger partial charge < -0.3 is 9.88 Å². The fraction of sp³-hybridized carbons (Fsp3) is 0.538. The zero-order valence-electron chi connectivity index (χ0n) is 11.4. The fourth-order valence-electron chi connectivity index (χ4n) is 1.72. The van der Waals surface area contributed by atoms with Gasteiger partial charge in [-0.3, -0.25) is 4.79 Å². The van der Waals surface area contributed by atoms with Crippen molar-refractivity contribution in [2.75, 3.05) is 6.54 Å². The summed E-state index contributed by atoms with van der Waals surface area (Å²) in [7, 11) is 0. The number of carbonyl (C=O) groups excluding carboxylic acids is 1. The molecule has 0 saturated carbocycles. The molecule has 0 radical (unpaired) electrons. The molecule has 0 fully saturated rings. The van der Waals surface area contributed by atoms with Gasteiger partial charge in [-0.15, -0.1) is 17.9 Å². The molecule has 3 nitrogen and oxygen atoms in total. The molecule has 1 N–H and O–H groups in total. The maximum atomic E-state index is 12.3. The number of hydrogen-bond acceptors (Lipinski definition) is 3. The Morgan fingerprint density at radius 3 is 2.56 bits per heavy atom. The molecule has 0 unspecified atom stereocenters. The first-order chi connectivity index (χ1) is 8.25. The zero-order valence-corrected chi connectivity index (χ0v) is 13.0. The number of amides is 1. The van der Waals surface area contributed by atoms with Crippen molar-refractivity contribution in [2.45, 2.75) is 39.7 Å². The van der Waals surface area contributed by atoms with E-state index < -0.39 is 0 Å². The predicted molar refractivity (Wildman–Crippen MR) is 79.6 cm³/mol. The summed E-state index contributed by atoms with van der Waals surface area (Å²) in [6.07, 6.45) is 2.16. The van der Waals surface area contributed by atoms with E-state index in [0.717, 1.165) is 14.5 Å². The number of rotatable bonds is 4. The summed E-state index contributed by atoms with van der Waals surface area (Å²) >= 11 is 6.56. The van der Waals surface area contributed by atoms with Crippen molar-refractivity contribution >= 4 is 29.5 Å². The smallest absolute Gasteiger partial charge is 0.228 e. The normalized spacial score (nSPS) is 11.3. The van der Waals surface area contributed by atoms with Gasteiger partial charge in [0.25, 0.3) is 0 Å². The van der Waals surface area contributed by atoms with Crippen molar-refractivity contribution in [2.24, 2.45) is 0 Å². The summed E-state index contributed by atoms with van der Waals surface area (Å²) in [6, 6.07) is 0. The molecule has 1 heterocycles. The summed E-state index contributed by atoms with van der Waals surface area (Å²) in [5, 5.41) is 0. The number of aromatic nitrogens is 1. The molecule has 0 aliphatic heterocycles. The van der Waals surface area contributed by atoms with Crippen LogP contribution in [0.4, 0.5) is 0 Å². The molecule has 18 heavy (non-hydrogen) atoms. The number of aromatic amines is 1. The monoisotopic (exact) mass is 284 g/mol. The van der Waals surface area contributed by atoms with E-state index in [2.05, 4.69) is 11.6 Å². The molecule has 0 spiro atoms. The maximum absolute atomic E-state index is 12.3.